The molecule has 1 rings (SSSR count). The highest BCUT2D eigenvalue weighted by atomic mass is 16.6. The average Bonchev–Trinajstić information content (AvgIpc) is 2.46. The van der Waals surface area contributed by atoms with E-state index in [0.29, 0.717) is 0 Å². The van der Waals surface area contributed by atoms with E-state index >= 15 is 0 Å². The lowest BCUT2D eigenvalue weighted by molar-refractivity contribution is -0.402. The number of unbranched alkanes of at least 4 members (excludes halogenated alkanes) is 1. The SMILES string of the molecule is CC(=CCCC=C[N+](=O)[O-])CCC=C(C)Cc1cccc(C)c1. The Morgan fingerprint density at radius 1 is 1.13 bits per heavy atom. The first-order valence-corrected chi connectivity index (χ1v) is 8.14. The minimum absolute atomic E-state index is 0.418. The Morgan fingerprint density at radius 2 is 1.87 bits per heavy atom. The summed E-state index contributed by atoms with van der Waals surface area (Å²) < 4.78 is 0. The van der Waals surface area contributed by atoms with E-state index in [9.17, 15) is 10.1 Å². The Balaban J connectivity index is 2.32. The molecule has 0 aliphatic heterocycles. The van der Waals surface area contributed by atoms with Crippen LogP contribution in [0.4, 0.5) is 0 Å². The molecule has 0 amide bonds. The van der Waals surface area contributed by atoms with E-state index in [1.54, 1.807) is 6.08 Å². The van der Waals surface area contributed by atoms with Crippen LogP contribution in [0.5, 0.6) is 0 Å². The molecule has 0 N–H and O–H groups in total. The first-order valence-electron chi connectivity index (χ1n) is 8.14. The first-order chi connectivity index (χ1) is 11.0. The van der Waals surface area contributed by atoms with Crippen molar-refractivity contribution in [2.45, 2.75) is 52.9 Å². The van der Waals surface area contributed by atoms with E-state index in [4.69, 9.17) is 0 Å². The van der Waals surface area contributed by atoms with Crippen LogP contribution >= 0.6 is 0 Å². The molecule has 0 atom stereocenters. The molecule has 0 spiro atoms. The Bertz CT molecular complexity index is 597. The van der Waals surface area contributed by atoms with Gasteiger partial charge in [-0.2, -0.15) is 0 Å². The number of hydrogen-bond acceptors (Lipinski definition) is 2. The fourth-order valence-electron chi connectivity index (χ4n) is 2.45. The number of hydrogen-bond donors (Lipinski definition) is 0. The molecule has 0 aromatic heterocycles. The summed E-state index contributed by atoms with van der Waals surface area (Å²) in [7, 11) is 0. The van der Waals surface area contributed by atoms with Crippen molar-refractivity contribution in [1.82, 2.24) is 0 Å². The summed E-state index contributed by atoms with van der Waals surface area (Å²) in [6, 6.07) is 8.64. The normalized spacial score (nSPS) is 12.8. The summed E-state index contributed by atoms with van der Waals surface area (Å²) in [5.41, 5.74) is 5.42. The van der Waals surface area contributed by atoms with Gasteiger partial charge in [0.15, 0.2) is 0 Å². The summed E-state index contributed by atoms with van der Waals surface area (Å²) in [6.45, 7) is 6.43. The largest absolute Gasteiger partial charge is 0.259 e. The van der Waals surface area contributed by atoms with Gasteiger partial charge < -0.3 is 0 Å². The van der Waals surface area contributed by atoms with Crippen LogP contribution in [-0.4, -0.2) is 4.92 Å². The lowest BCUT2D eigenvalue weighted by Gasteiger charge is -2.04. The molecule has 0 radical (unpaired) electrons. The van der Waals surface area contributed by atoms with Crippen molar-refractivity contribution in [1.29, 1.82) is 0 Å². The summed E-state index contributed by atoms with van der Waals surface area (Å²) in [6.07, 6.45) is 11.8. The molecule has 0 aliphatic rings. The Labute approximate surface area is 139 Å². The quantitative estimate of drug-likeness (QED) is 0.251. The van der Waals surface area contributed by atoms with Crippen molar-refractivity contribution < 1.29 is 4.92 Å². The van der Waals surface area contributed by atoms with Gasteiger partial charge in [0.1, 0.15) is 0 Å². The van der Waals surface area contributed by atoms with Crippen molar-refractivity contribution in [2.75, 3.05) is 0 Å². The second-order valence-electron chi connectivity index (χ2n) is 6.05. The summed E-state index contributed by atoms with van der Waals surface area (Å²) >= 11 is 0. The van der Waals surface area contributed by atoms with Crippen LogP contribution in [-0.2, 0) is 6.42 Å². The highest BCUT2D eigenvalue weighted by molar-refractivity contribution is 5.26. The number of aryl methyl sites for hydroxylation is 1. The van der Waals surface area contributed by atoms with Crippen LogP contribution in [0.15, 0.2) is 59.8 Å². The van der Waals surface area contributed by atoms with Gasteiger partial charge in [-0.25, -0.2) is 0 Å². The highest BCUT2D eigenvalue weighted by Crippen LogP contribution is 2.13. The maximum Gasteiger partial charge on any atom is 0.230 e. The van der Waals surface area contributed by atoms with Crippen LogP contribution in [0, 0.1) is 17.0 Å². The summed E-state index contributed by atoms with van der Waals surface area (Å²) in [4.78, 5) is 9.73. The molecule has 0 heterocycles. The standard InChI is InChI=1S/C20H27NO2/c1-17(9-5-4-6-14-21(22)23)10-7-11-18(2)15-20-13-8-12-19(3)16-20/h6,8-9,11-14,16H,4-5,7,10,15H2,1-3H3. The zero-order valence-corrected chi connectivity index (χ0v) is 14.4. The lowest BCUT2D eigenvalue weighted by Crippen LogP contribution is -1.88. The summed E-state index contributed by atoms with van der Waals surface area (Å²) in [5.74, 6) is 0. The van der Waals surface area contributed by atoms with Crippen LogP contribution in [0.25, 0.3) is 0 Å². The monoisotopic (exact) mass is 313 g/mol. The van der Waals surface area contributed by atoms with Crippen LogP contribution < -0.4 is 0 Å². The van der Waals surface area contributed by atoms with Crippen LogP contribution in [0.3, 0.4) is 0 Å². The molecular formula is C20H27NO2. The van der Waals surface area contributed by atoms with Crippen molar-refractivity contribution in [3.05, 3.63) is 81.1 Å². The molecule has 0 saturated heterocycles. The van der Waals surface area contributed by atoms with Gasteiger partial charge in [0, 0.05) is 0 Å². The fraction of sp³-hybridized carbons (Fsp3) is 0.400. The Kier molecular flexibility index (Phi) is 8.66. The van der Waals surface area contributed by atoms with Gasteiger partial charge in [-0.1, -0.05) is 53.1 Å². The number of allylic oxidation sites excluding steroid dienone is 5. The molecule has 0 unspecified atom stereocenters. The van der Waals surface area contributed by atoms with E-state index in [1.807, 2.05) is 0 Å². The van der Waals surface area contributed by atoms with Crippen LogP contribution in [0.2, 0.25) is 0 Å². The van der Waals surface area contributed by atoms with Crippen molar-refractivity contribution in [3.63, 3.8) is 0 Å². The molecule has 23 heavy (non-hydrogen) atoms. The molecule has 3 heteroatoms. The highest BCUT2D eigenvalue weighted by Gasteiger charge is 1.96. The number of rotatable bonds is 9. The van der Waals surface area contributed by atoms with Gasteiger partial charge >= 0.3 is 0 Å². The van der Waals surface area contributed by atoms with E-state index in [2.05, 4.69) is 57.2 Å². The van der Waals surface area contributed by atoms with Crippen molar-refractivity contribution >= 4 is 0 Å². The predicted molar refractivity (Wildman–Crippen MR) is 97.0 cm³/mol. The zero-order chi connectivity index (χ0) is 17.1. The van der Waals surface area contributed by atoms with Gasteiger partial charge in [-0.05, 0) is 64.5 Å². The molecule has 0 fully saturated rings. The molecule has 0 aliphatic carbocycles. The maximum atomic E-state index is 10.1. The van der Waals surface area contributed by atoms with E-state index < -0.39 is 4.92 Å². The second-order valence-corrected chi connectivity index (χ2v) is 6.05. The maximum absolute atomic E-state index is 10.1. The zero-order valence-electron chi connectivity index (χ0n) is 14.4. The number of nitro groups is 1. The third-order valence-electron chi connectivity index (χ3n) is 3.65. The van der Waals surface area contributed by atoms with Crippen molar-refractivity contribution in [3.8, 4) is 0 Å². The minimum Gasteiger partial charge on any atom is -0.259 e. The topological polar surface area (TPSA) is 43.1 Å². The summed E-state index contributed by atoms with van der Waals surface area (Å²) in [5, 5.41) is 10.1. The number of nitrogens with zero attached hydrogens (tertiary/aromatic N) is 1. The predicted octanol–water partition coefficient (Wildman–Crippen LogP) is 5.78. The molecule has 1 aromatic rings. The Morgan fingerprint density at radius 3 is 2.57 bits per heavy atom. The molecule has 0 saturated carbocycles. The fourth-order valence-corrected chi connectivity index (χ4v) is 2.45. The molecule has 3 nitrogen and oxygen atoms in total. The van der Waals surface area contributed by atoms with Crippen molar-refractivity contribution in [2.24, 2.45) is 0 Å². The molecule has 1 aromatic carbocycles. The second kappa shape index (κ2) is 10.5. The first kappa shape index (κ1) is 18.9. The van der Waals surface area contributed by atoms with Gasteiger partial charge in [-0.3, -0.25) is 10.1 Å². The average molecular weight is 313 g/mol. The van der Waals surface area contributed by atoms with Gasteiger partial charge in [-0.15, -0.1) is 0 Å². The van der Waals surface area contributed by atoms with Crippen LogP contribution in [0.1, 0.15) is 50.7 Å². The molecule has 124 valence electrons. The Hall–Kier alpha value is -2.16. The van der Waals surface area contributed by atoms with E-state index in [-0.39, 0.29) is 0 Å². The third kappa shape index (κ3) is 9.46. The molecule has 0 bridgehead atoms. The molecular weight excluding hydrogens is 286 g/mol. The van der Waals surface area contributed by atoms with E-state index in [1.165, 1.54) is 22.3 Å². The van der Waals surface area contributed by atoms with Gasteiger partial charge in [0.25, 0.3) is 0 Å². The van der Waals surface area contributed by atoms with Gasteiger partial charge in [0.05, 0.1) is 4.92 Å². The third-order valence-corrected chi connectivity index (χ3v) is 3.65. The van der Waals surface area contributed by atoms with Gasteiger partial charge in [0.2, 0.25) is 6.20 Å². The number of benzene rings is 1. The lowest BCUT2D eigenvalue weighted by atomic mass is 10.0. The smallest absolute Gasteiger partial charge is 0.230 e. The minimum atomic E-state index is -0.418. The van der Waals surface area contributed by atoms with E-state index in [0.717, 1.165) is 38.3 Å².